The van der Waals surface area contributed by atoms with Crippen molar-refractivity contribution < 1.29 is 19.1 Å². The fraction of sp³-hybridized carbons (Fsp3) is 0.857. The number of carbonyl (C=O) groups is 2. The Morgan fingerprint density at radius 1 is 1.30 bits per heavy atom. The Balaban J connectivity index is 2.40. The molecule has 1 fully saturated rings. The molecule has 1 aliphatic carbocycles. The lowest BCUT2D eigenvalue weighted by atomic mass is 10.1. The largest absolute Gasteiger partial charge is 0.468 e. The smallest absolute Gasteiger partial charge is 0.407 e. The predicted octanol–water partition coefficient (Wildman–Crippen LogP) is 1.44. The lowest BCUT2D eigenvalue weighted by molar-refractivity contribution is -0.142. The summed E-state index contributed by atoms with van der Waals surface area (Å²) < 4.78 is 9.88. The summed E-state index contributed by atoms with van der Waals surface area (Å²) in [5, 5.41) is 5.95. The molecule has 116 valence electrons. The maximum absolute atomic E-state index is 11.6. The molecule has 2 N–H and O–H groups in total. The number of hydrogen-bond donors (Lipinski definition) is 2. The van der Waals surface area contributed by atoms with Gasteiger partial charge >= 0.3 is 12.1 Å². The minimum atomic E-state index is -0.508. The van der Waals surface area contributed by atoms with Crippen LogP contribution in [-0.2, 0) is 14.3 Å². The summed E-state index contributed by atoms with van der Waals surface area (Å²) in [5.74, 6) is 0.199. The molecule has 1 aliphatic rings. The Labute approximate surface area is 120 Å². The summed E-state index contributed by atoms with van der Waals surface area (Å²) in [4.78, 5) is 23.0. The van der Waals surface area contributed by atoms with E-state index in [0.29, 0.717) is 12.5 Å². The number of carbonyl (C=O) groups excluding carboxylic acids is 2. The van der Waals surface area contributed by atoms with Crippen molar-refractivity contribution in [1.29, 1.82) is 0 Å². The highest BCUT2D eigenvalue weighted by atomic mass is 16.6. The molecule has 0 spiro atoms. The van der Waals surface area contributed by atoms with Gasteiger partial charge in [-0.2, -0.15) is 0 Å². The van der Waals surface area contributed by atoms with E-state index < -0.39 is 11.7 Å². The Kier molecular flexibility index (Phi) is 5.80. The normalized spacial score (nSPS) is 18.1. The highest BCUT2D eigenvalue weighted by molar-refractivity contribution is 5.75. The van der Waals surface area contributed by atoms with Crippen molar-refractivity contribution in [3.8, 4) is 0 Å². The second-order valence-electron chi connectivity index (χ2n) is 6.24. The van der Waals surface area contributed by atoms with E-state index in [2.05, 4.69) is 10.6 Å². The van der Waals surface area contributed by atoms with Crippen LogP contribution in [0.2, 0.25) is 0 Å². The van der Waals surface area contributed by atoms with Gasteiger partial charge in [0, 0.05) is 12.6 Å². The van der Waals surface area contributed by atoms with Gasteiger partial charge in [0.25, 0.3) is 0 Å². The molecule has 0 heterocycles. The zero-order valence-corrected chi connectivity index (χ0v) is 13.0. The molecule has 1 saturated carbocycles. The first-order valence-corrected chi connectivity index (χ1v) is 7.03. The van der Waals surface area contributed by atoms with Gasteiger partial charge in [-0.1, -0.05) is 0 Å². The van der Waals surface area contributed by atoms with Crippen LogP contribution in [0.5, 0.6) is 0 Å². The molecular formula is C14H26N2O4. The minimum absolute atomic E-state index is 0.0663. The third kappa shape index (κ3) is 6.23. The van der Waals surface area contributed by atoms with Crippen molar-refractivity contribution in [2.24, 2.45) is 5.92 Å². The summed E-state index contributed by atoms with van der Waals surface area (Å²) >= 11 is 0. The van der Waals surface area contributed by atoms with Crippen LogP contribution in [0.4, 0.5) is 4.79 Å². The van der Waals surface area contributed by atoms with Crippen molar-refractivity contribution in [3.05, 3.63) is 0 Å². The molecule has 6 heteroatoms. The first kappa shape index (κ1) is 16.8. The van der Waals surface area contributed by atoms with Gasteiger partial charge in [0.15, 0.2) is 0 Å². The van der Waals surface area contributed by atoms with Gasteiger partial charge in [-0.05, 0) is 46.5 Å². The Hall–Kier alpha value is -1.30. The molecule has 20 heavy (non-hydrogen) atoms. The van der Waals surface area contributed by atoms with Crippen LogP contribution in [0.15, 0.2) is 0 Å². The van der Waals surface area contributed by atoms with E-state index in [1.165, 1.54) is 7.11 Å². The van der Waals surface area contributed by atoms with E-state index in [-0.39, 0.29) is 18.1 Å². The van der Waals surface area contributed by atoms with Crippen molar-refractivity contribution in [1.82, 2.24) is 10.6 Å². The molecule has 1 amide bonds. The molecule has 0 bridgehead atoms. The summed E-state index contributed by atoms with van der Waals surface area (Å²) in [6, 6.07) is -0.317. The fourth-order valence-corrected chi connectivity index (χ4v) is 1.93. The molecule has 0 aromatic carbocycles. The number of hydrogen-bond acceptors (Lipinski definition) is 5. The average Bonchev–Trinajstić information content (AvgIpc) is 3.14. The van der Waals surface area contributed by atoms with Gasteiger partial charge in [-0.15, -0.1) is 0 Å². The Bertz CT molecular complexity index is 348. The number of ether oxygens (including phenoxy) is 2. The number of alkyl carbamates (subject to hydrolysis) is 1. The topological polar surface area (TPSA) is 76.7 Å². The van der Waals surface area contributed by atoms with E-state index in [9.17, 15) is 9.59 Å². The highest BCUT2D eigenvalue weighted by Gasteiger charge is 2.33. The molecule has 2 unspecified atom stereocenters. The molecule has 6 nitrogen and oxygen atoms in total. The molecule has 0 saturated heterocycles. The quantitative estimate of drug-likeness (QED) is 0.723. The van der Waals surface area contributed by atoms with Crippen LogP contribution in [0.1, 0.15) is 40.5 Å². The van der Waals surface area contributed by atoms with Gasteiger partial charge in [-0.3, -0.25) is 10.1 Å². The third-order valence-electron chi connectivity index (χ3n) is 3.08. The summed E-state index contributed by atoms with van der Waals surface area (Å²) in [6.45, 7) is 7.67. The summed E-state index contributed by atoms with van der Waals surface area (Å²) in [7, 11) is 1.37. The SMILES string of the molecule is COC(=O)C(C)NC(CNC(=O)OC(C)(C)C)C1CC1. The number of esters is 1. The molecule has 0 aromatic rings. The maximum Gasteiger partial charge on any atom is 0.407 e. The second kappa shape index (κ2) is 6.92. The molecule has 1 rings (SSSR count). The van der Waals surface area contributed by atoms with Gasteiger partial charge in [0.05, 0.1) is 7.11 Å². The third-order valence-corrected chi connectivity index (χ3v) is 3.08. The lowest BCUT2D eigenvalue weighted by Gasteiger charge is -2.24. The number of methoxy groups -OCH3 is 1. The zero-order chi connectivity index (χ0) is 15.3. The molecule has 0 radical (unpaired) electrons. The molecule has 2 atom stereocenters. The van der Waals surface area contributed by atoms with Crippen LogP contribution < -0.4 is 10.6 Å². The van der Waals surface area contributed by atoms with E-state index in [1.807, 2.05) is 20.8 Å². The van der Waals surface area contributed by atoms with Crippen LogP contribution in [0.3, 0.4) is 0 Å². The average molecular weight is 286 g/mol. The minimum Gasteiger partial charge on any atom is -0.468 e. The zero-order valence-electron chi connectivity index (χ0n) is 13.0. The van der Waals surface area contributed by atoms with E-state index in [1.54, 1.807) is 6.92 Å². The standard InChI is InChI=1S/C14H26N2O4/c1-9(12(17)19-5)16-11(10-6-7-10)8-15-13(18)20-14(2,3)4/h9-11,16H,6-8H2,1-5H3,(H,15,18). The van der Waals surface area contributed by atoms with Crippen molar-refractivity contribution >= 4 is 12.1 Å². The second-order valence-corrected chi connectivity index (χ2v) is 6.24. The van der Waals surface area contributed by atoms with E-state index in [4.69, 9.17) is 9.47 Å². The van der Waals surface area contributed by atoms with Gasteiger partial charge in [0.1, 0.15) is 11.6 Å². The van der Waals surface area contributed by atoms with Crippen molar-refractivity contribution in [2.75, 3.05) is 13.7 Å². The fourth-order valence-electron chi connectivity index (χ4n) is 1.93. The summed E-state index contributed by atoms with van der Waals surface area (Å²) in [5.41, 5.74) is -0.508. The van der Waals surface area contributed by atoms with E-state index in [0.717, 1.165) is 12.8 Å². The molecule has 0 aliphatic heterocycles. The van der Waals surface area contributed by atoms with Crippen LogP contribution in [-0.4, -0.2) is 43.4 Å². The molecular weight excluding hydrogens is 260 g/mol. The number of amides is 1. The predicted molar refractivity (Wildman–Crippen MR) is 75.4 cm³/mol. The van der Waals surface area contributed by atoms with Crippen LogP contribution in [0.25, 0.3) is 0 Å². The van der Waals surface area contributed by atoms with Crippen LogP contribution >= 0.6 is 0 Å². The summed E-state index contributed by atoms with van der Waals surface area (Å²) in [6.07, 6.45) is 1.79. The Morgan fingerprint density at radius 3 is 2.35 bits per heavy atom. The maximum atomic E-state index is 11.6. The van der Waals surface area contributed by atoms with Gasteiger partial charge in [-0.25, -0.2) is 4.79 Å². The highest BCUT2D eigenvalue weighted by Crippen LogP contribution is 2.32. The molecule has 0 aromatic heterocycles. The van der Waals surface area contributed by atoms with Crippen molar-refractivity contribution in [3.63, 3.8) is 0 Å². The monoisotopic (exact) mass is 286 g/mol. The van der Waals surface area contributed by atoms with E-state index >= 15 is 0 Å². The van der Waals surface area contributed by atoms with Gasteiger partial charge < -0.3 is 14.8 Å². The number of rotatable bonds is 6. The lowest BCUT2D eigenvalue weighted by Crippen LogP contribution is -2.49. The van der Waals surface area contributed by atoms with Crippen molar-refractivity contribution in [2.45, 2.75) is 58.2 Å². The number of nitrogens with one attached hydrogen (secondary N) is 2. The first-order valence-electron chi connectivity index (χ1n) is 7.03. The first-order chi connectivity index (χ1) is 9.23. The van der Waals surface area contributed by atoms with Gasteiger partial charge in [0.2, 0.25) is 0 Å². The van der Waals surface area contributed by atoms with Crippen LogP contribution in [0, 0.1) is 5.92 Å². The Morgan fingerprint density at radius 2 is 1.90 bits per heavy atom.